The van der Waals surface area contributed by atoms with E-state index in [0.717, 1.165) is 0 Å². The largest absolute Gasteiger partial charge is 0.507 e. The molecular formula is C30H22O4S. The number of phenolic OH excluding ortho intramolecular Hbond substituents is 1. The van der Waals surface area contributed by atoms with Crippen molar-refractivity contribution in [3.05, 3.63) is 121 Å². The van der Waals surface area contributed by atoms with Crippen LogP contribution in [0.4, 0.5) is 0 Å². The molecule has 172 valence electrons. The molecular weight excluding hydrogens is 456 g/mol. The predicted molar refractivity (Wildman–Crippen MR) is 140 cm³/mol. The molecule has 0 heterocycles. The molecule has 5 rings (SSSR count). The summed E-state index contributed by atoms with van der Waals surface area (Å²) in [6, 6.07) is 36.2. The topological polar surface area (TPSA) is 74.6 Å². The molecule has 0 aromatic heterocycles. The van der Waals surface area contributed by atoms with Crippen molar-refractivity contribution in [2.75, 3.05) is 0 Å². The Labute approximate surface area is 204 Å². The Morgan fingerprint density at radius 2 is 0.686 bits per heavy atom. The quantitative estimate of drug-likeness (QED) is 0.260. The van der Waals surface area contributed by atoms with Crippen LogP contribution in [0.15, 0.2) is 126 Å². The van der Waals surface area contributed by atoms with E-state index in [1.54, 1.807) is 48.5 Å². The molecule has 0 aliphatic rings. The third kappa shape index (κ3) is 4.23. The van der Waals surface area contributed by atoms with Crippen LogP contribution in [0.25, 0.3) is 44.5 Å². The van der Waals surface area contributed by atoms with Gasteiger partial charge in [-0.1, -0.05) is 121 Å². The van der Waals surface area contributed by atoms with Gasteiger partial charge in [0, 0.05) is 22.3 Å². The average molecular weight is 479 g/mol. The van der Waals surface area contributed by atoms with E-state index in [9.17, 15) is 18.1 Å². The molecule has 5 aromatic carbocycles. The van der Waals surface area contributed by atoms with Crippen LogP contribution in [0, 0.1) is 0 Å². The van der Waals surface area contributed by atoms with Gasteiger partial charge < -0.3 is 5.11 Å². The van der Waals surface area contributed by atoms with E-state index < -0.39 is 10.1 Å². The van der Waals surface area contributed by atoms with Gasteiger partial charge in [-0.3, -0.25) is 4.55 Å². The van der Waals surface area contributed by atoms with Crippen LogP contribution in [0.2, 0.25) is 0 Å². The predicted octanol–water partition coefficient (Wildman–Crippen LogP) is 7.31. The minimum Gasteiger partial charge on any atom is -0.507 e. The highest BCUT2D eigenvalue weighted by atomic mass is 32.2. The Morgan fingerprint density at radius 1 is 0.429 bits per heavy atom. The summed E-state index contributed by atoms with van der Waals surface area (Å²) in [5.74, 6) is -0.0625. The minimum absolute atomic E-state index is 0.0625. The molecule has 5 aromatic rings. The van der Waals surface area contributed by atoms with Gasteiger partial charge in [-0.2, -0.15) is 8.42 Å². The SMILES string of the molecule is O=S(=O)(O)c1c(-c2ccccc2)c(-c2ccccc2)c(O)c(-c2ccccc2)c1-c1ccccc1. The van der Waals surface area contributed by atoms with Gasteiger partial charge in [0.1, 0.15) is 10.6 Å². The fourth-order valence-corrected chi connectivity index (χ4v) is 5.46. The van der Waals surface area contributed by atoms with Crippen LogP contribution in [0.1, 0.15) is 0 Å². The van der Waals surface area contributed by atoms with Gasteiger partial charge in [0.25, 0.3) is 10.1 Å². The van der Waals surface area contributed by atoms with Crippen molar-refractivity contribution in [2.45, 2.75) is 4.90 Å². The Balaban J connectivity index is 2.09. The molecule has 0 aliphatic carbocycles. The monoisotopic (exact) mass is 478 g/mol. The van der Waals surface area contributed by atoms with Gasteiger partial charge in [-0.05, 0) is 22.3 Å². The van der Waals surface area contributed by atoms with Crippen molar-refractivity contribution in [1.29, 1.82) is 0 Å². The lowest BCUT2D eigenvalue weighted by atomic mass is 9.84. The fraction of sp³-hybridized carbons (Fsp3) is 0. The maximum atomic E-state index is 13.2. The summed E-state index contributed by atoms with van der Waals surface area (Å²) in [5.41, 5.74) is 3.55. The Morgan fingerprint density at radius 3 is 0.943 bits per heavy atom. The van der Waals surface area contributed by atoms with Crippen LogP contribution >= 0.6 is 0 Å². The van der Waals surface area contributed by atoms with Gasteiger partial charge in [-0.15, -0.1) is 0 Å². The molecule has 0 atom stereocenters. The molecule has 0 saturated carbocycles. The number of phenols is 1. The Hall–Kier alpha value is -4.19. The number of rotatable bonds is 5. The molecule has 0 radical (unpaired) electrons. The normalized spacial score (nSPS) is 11.3. The average Bonchev–Trinajstić information content (AvgIpc) is 2.89. The Kier molecular flexibility index (Phi) is 5.95. The summed E-state index contributed by atoms with van der Waals surface area (Å²) in [7, 11) is -4.75. The summed E-state index contributed by atoms with van der Waals surface area (Å²) < 4.78 is 37.0. The molecule has 0 bridgehead atoms. The lowest BCUT2D eigenvalue weighted by Gasteiger charge is -2.24. The van der Waals surface area contributed by atoms with Crippen LogP contribution in [-0.2, 0) is 10.1 Å². The molecule has 4 nitrogen and oxygen atoms in total. The molecule has 0 aliphatic heterocycles. The molecule has 35 heavy (non-hydrogen) atoms. The van der Waals surface area contributed by atoms with E-state index in [1.165, 1.54) is 0 Å². The van der Waals surface area contributed by atoms with Gasteiger partial charge >= 0.3 is 0 Å². The second kappa shape index (κ2) is 9.22. The van der Waals surface area contributed by atoms with Crippen LogP contribution < -0.4 is 0 Å². The van der Waals surface area contributed by atoms with E-state index in [-0.39, 0.29) is 21.8 Å². The standard InChI is InChI=1S/C30H22O4S/c31-29-25(21-13-5-1-6-14-21)27(23-17-9-3-10-18-23)30(35(32,33)34)28(24-19-11-4-12-20-24)26(29)22-15-7-2-8-16-22/h1-20,31H,(H,32,33,34). The third-order valence-corrected chi connectivity index (χ3v) is 6.86. The zero-order valence-corrected chi connectivity index (χ0v) is 19.5. The van der Waals surface area contributed by atoms with Crippen molar-refractivity contribution in [3.63, 3.8) is 0 Å². The van der Waals surface area contributed by atoms with Crippen LogP contribution in [0.5, 0.6) is 5.75 Å². The first-order valence-electron chi connectivity index (χ1n) is 11.1. The van der Waals surface area contributed by atoms with Gasteiger partial charge in [-0.25, -0.2) is 0 Å². The van der Waals surface area contributed by atoms with E-state index in [1.807, 2.05) is 72.8 Å². The van der Waals surface area contributed by atoms with E-state index in [4.69, 9.17) is 0 Å². The fourth-order valence-electron chi connectivity index (χ4n) is 4.50. The summed E-state index contributed by atoms with van der Waals surface area (Å²) in [5, 5.41) is 11.9. The second-order valence-electron chi connectivity index (χ2n) is 8.12. The number of aromatic hydroxyl groups is 1. The first-order chi connectivity index (χ1) is 17.0. The molecule has 0 fully saturated rings. The first-order valence-corrected chi connectivity index (χ1v) is 12.5. The number of hydrogen-bond acceptors (Lipinski definition) is 3. The van der Waals surface area contributed by atoms with Crippen LogP contribution in [0.3, 0.4) is 0 Å². The van der Waals surface area contributed by atoms with Crippen molar-refractivity contribution >= 4 is 10.1 Å². The van der Waals surface area contributed by atoms with E-state index >= 15 is 0 Å². The van der Waals surface area contributed by atoms with Crippen molar-refractivity contribution in [1.82, 2.24) is 0 Å². The Bertz CT molecular complexity index is 1480. The third-order valence-electron chi connectivity index (χ3n) is 5.94. The van der Waals surface area contributed by atoms with Crippen molar-refractivity contribution in [2.24, 2.45) is 0 Å². The van der Waals surface area contributed by atoms with Gasteiger partial charge in [0.05, 0.1) is 0 Å². The summed E-state index contributed by atoms with van der Waals surface area (Å²) in [6.45, 7) is 0. The van der Waals surface area contributed by atoms with Gasteiger partial charge in [0.15, 0.2) is 0 Å². The summed E-state index contributed by atoms with van der Waals surface area (Å²) in [4.78, 5) is -0.245. The number of benzene rings is 5. The highest BCUT2D eigenvalue weighted by Gasteiger charge is 2.32. The highest BCUT2D eigenvalue weighted by Crippen LogP contribution is 2.53. The molecule has 5 heteroatoms. The van der Waals surface area contributed by atoms with E-state index in [2.05, 4.69) is 0 Å². The molecule has 2 N–H and O–H groups in total. The lowest BCUT2D eigenvalue weighted by molar-refractivity contribution is 0.477. The lowest BCUT2D eigenvalue weighted by Crippen LogP contribution is -2.07. The smallest absolute Gasteiger partial charge is 0.295 e. The van der Waals surface area contributed by atoms with Gasteiger partial charge in [0.2, 0.25) is 0 Å². The minimum atomic E-state index is -4.75. The maximum absolute atomic E-state index is 13.2. The summed E-state index contributed by atoms with van der Waals surface area (Å²) >= 11 is 0. The molecule has 0 unspecified atom stereocenters. The summed E-state index contributed by atoms with van der Waals surface area (Å²) in [6.07, 6.45) is 0. The van der Waals surface area contributed by atoms with Crippen LogP contribution in [-0.4, -0.2) is 18.1 Å². The molecule has 0 amide bonds. The molecule has 0 saturated heterocycles. The zero-order chi connectivity index (χ0) is 24.4. The maximum Gasteiger partial charge on any atom is 0.295 e. The van der Waals surface area contributed by atoms with Crippen molar-refractivity contribution in [3.8, 4) is 50.3 Å². The second-order valence-corrected chi connectivity index (χ2v) is 9.48. The highest BCUT2D eigenvalue weighted by molar-refractivity contribution is 7.86. The zero-order valence-electron chi connectivity index (χ0n) is 18.7. The molecule has 0 spiro atoms. The first kappa shape index (κ1) is 22.6. The van der Waals surface area contributed by atoms with E-state index in [0.29, 0.717) is 33.4 Å². The van der Waals surface area contributed by atoms with Crippen molar-refractivity contribution < 1.29 is 18.1 Å². The number of hydrogen-bond donors (Lipinski definition) is 2.